The van der Waals surface area contributed by atoms with Crippen LogP contribution < -0.4 is 4.74 Å². The van der Waals surface area contributed by atoms with Crippen molar-refractivity contribution in [3.63, 3.8) is 0 Å². The molecule has 1 rings (SSSR count). The van der Waals surface area contributed by atoms with E-state index in [1.54, 1.807) is 6.07 Å². The number of ether oxygens (including phenoxy) is 2. The van der Waals surface area contributed by atoms with E-state index in [2.05, 4.69) is 0 Å². The Hall–Kier alpha value is -2.13. The molecule has 0 aliphatic heterocycles. The first kappa shape index (κ1) is 11.9. The highest BCUT2D eigenvalue weighted by molar-refractivity contribution is 5.49. The highest BCUT2D eigenvalue weighted by atomic mass is 16.6. The van der Waals surface area contributed by atoms with Crippen LogP contribution in [-0.2, 0) is 4.74 Å². The van der Waals surface area contributed by atoms with Gasteiger partial charge in [0.05, 0.1) is 18.1 Å². The van der Waals surface area contributed by atoms with Gasteiger partial charge in [-0.1, -0.05) is 6.07 Å². The van der Waals surface area contributed by atoms with E-state index in [0.717, 1.165) is 0 Å². The van der Waals surface area contributed by atoms with Crippen LogP contribution in [0.3, 0.4) is 0 Å². The molecule has 0 radical (unpaired) electrons. The Morgan fingerprint density at radius 2 is 2.19 bits per heavy atom. The van der Waals surface area contributed by atoms with E-state index in [4.69, 9.17) is 14.7 Å². The normalized spacial score (nSPS) is 11.6. The molecule has 0 saturated carbocycles. The lowest BCUT2D eigenvalue weighted by Crippen LogP contribution is -2.00. The van der Waals surface area contributed by atoms with Gasteiger partial charge in [-0.2, -0.15) is 5.26 Å². The third-order valence-corrected chi connectivity index (χ3v) is 2.06. The van der Waals surface area contributed by atoms with E-state index in [9.17, 15) is 10.1 Å². The van der Waals surface area contributed by atoms with E-state index in [1.807, 2.05) is 6.07 Å². The highest BCUT2D eigenvalue weighted by Gasteiger charge is 2.18. The lowest BCUT2D eigenvalue weighted by molar-refractivity contribution is -0.385. The molecule has 0 saturated heterocycles. The number of benzene rings is 1. The van der Waals surface area contributed by atoms with Crippen LogP contribution in [0, 0.1) is 21.4 Å². The van der Waals surface area contributed by atoms with Crippen LogP contribution in [-0.4, -0.2) is 19.1 Å². The van der Waals surface area contributed by atoms with Gasteiger partial charge in [-0.3, -0.25) is 10.1 Å². The maximum absolute atomic E-state index is 10.7. The molecule has 0 amide bonds. The lowest BCUT2D eigenvalue weighted by atomic mass is 10.1. The maximum Gasteiger partial charge on any atom is 0.311 e. The molecule has 1 aromatic rings. The molecule has 0 heterocycles. The standard InChI is InChI=1S/C10H10N2O4/c1-15-9-4-3-7(10(6-11)16-2)5-8(9)12(13)14/h3-5,10H,1-2H3. The Kier molecular flexibility index (Phi) is 3.80. The number of hydrogen-bond acceptors (Lipinski definition) is 5. The Labute approximate surface area is 92.2 Å². The van der Waals surface area contributed by atoms with Gasteiger partial charge in [0, 0.05) is 18.7 Å². The molecule has 84 valence electrons. The van der Waals surface area contributed by atoms with Crippen molar-refractivity contribution < 1.29 is 14.4 Å². The summed E-state index contributed by atoms with van der Waals surface area (Å²) in [5, 5.41) is 19.5. The fourth-order valence-corrected chi connectivity index (χ4v) is 1.28. The SMILES string of the molecule is COc1ccc(C(C#N)OC)cc1[N+](=O)[O-]. The number of nitrogens with zero attached hydrogens (tertiary/aromatic N) is 2. The van der Waals surface area contributed by atoms with Crippen molar-refractivity contribution in [2.45, 2.75) is 6.10 Å². The Balaban J connectivity index is 3.22. The molecular formula is C10H10N2O4. The molecule has 0 fully saturated rings. The summed E-state index contributed by atoms with van der Waals surface area (Å²) in [6, 6.07) is 6.16. The van der Waals surface area contributed by atoms with Crippen molar-refractivity contribution >= 4 is 5.69 Å². The molecule has 6 heteroatoms. The van der Waals surface area contributed by atoms with Crippen LogP contribution in [0.25, 0.3) is 0 Å². The van der Waals surface area contributed by atoms with E-state index in [1.165, 1.54) is 26.4 Å². The molecule has 16 heavy (non-hydrogen) atoms. The van der Waals surface area contributed by atoms with E-state index in [0.29, 0.717) is 5.56 Å². The predicted octanol–water partition coefficient (Wildman–Crippen LogP) is 1.81. The van der Waals surface area contributed by atoms with Crippen molar-refractivity contribution in [1.82, 2.24) is 0 Å². The van der Waals surface area contributed by atoms with Crippen LogP contribution in [0.2, 0.25) is 0 Å². The zero-order valence-corrected chi connectivity index (χ0v) is 8.84. The molecule has 0 bridgehead atoms. The summed E-state index contributed by atoms with van der Waals surface area (Å²) in [7, 11) is 2.71. The Morgan fingerprint density at radius 3 is 2.62 bits per heavy atom. The third-order valence-electron chi connectivity index (χ3n) is 2.06. The van der Waals surface area contributed by atoms with Gasteiger partial charge < -0.3 is 9.47 Å². The number of nitro benzene ring substituents is 1. The molecular weight excluding hydrogens is 212 g/mol. The fraction of sp³-hybridized carbons (Fsp3) is 0.300. The number of methoxy groups -OCH3 is 2. The van der Waals surface area contributed by atoms with Crippen molar-refractivity contribution in [3.8, 4) is 11.8 Å². The molecule has 0 aliphatic rings. The highest BCUT2D eigenvalue weighted by Crippen LogP contribution is 2.30. The molecule has 0 aromatic heterocycles. The minimum absolute atomic E-state index is 0.154. The number of hydrogen-bond donors (Lipinski definition) is 0. The van der Waals surface area contributed by atoms with Gasteiger partial charge >= 0.3 is 5.69 Å². The molecule has 1 unspecified atom stereocenters. The van der Waals surface area contributed by atoms with E-state index in [-0.39, 0.29) is 11.4 Å². The second-order valence-corrected chi connectivity index (χ2v) is 2.93. The summed E-state index contributed by atoms with van der Waals surface area (Å²) in [6.45, 7) is 0. The summed E-state index contributed by atoms with van der Waals surface area (Å²) in [4.78, 5) is 10.2. The first-order chi connectivity index (χ1) is 7.63. The summed E-state index contributed by atoms with van der Waals surface area (Å²) >= 11 is 0. The van der Waals surface area contributed by atoms with Crippen molar-refractivity contribution in [2.24, 2.45) is 0 Å². The molecule has 1 aromatic carbocycles. The fourth-order valence-electron chi connectivity index (χ4n) is 1.28. The van der Waals surface area contributed by atoms with Crippen molar-refractivity contribution in [1.29, 1.82) is 5.26 Å². The quantitative estimate of drug-likeness (QED) is 0.572. The van der Waals surface area contributed by atoms with Crippen LogP contribution in [0.1, 0.15) is 11.7 Å². The van der Waals surface area contributed by atoms with Gasteiger partial charge in [0.15, 0.2) is 11.9 Å². The monoisotopic (exact) mass is 222 g/mol. The van der Waals surface area contributed by atoms with Gasteiger partial charge in [0.1, 0.15) is 0 Å². The van der Waals surface area contributed by atoms with Crippen LogP contribution >= 0.6 is 0 Å². The maximum atomic E-state index is 10.7. The number of rotatable bonds is 4. The smallest absolute Gasteiger partial charge is 0.311 e. The number of nitriles is 1. The Morgan fingerprint density at radius 1 is 1.50 bits per heavy atom. The summed E-state index contributed by atoms with van der Waals surface area (Å²) in [6.07, 6.45) is -0.815. The largest absolute Gasteiger partial charge is 0.490 e. The van der Waals surface area contributed by atoms with Crippen LogP contribution in [0.4, 0.5) is 5.69 Å². The zero-order valence-electron chi connectivity index (χ0n) is 8.84. The van der Waals surface area contributed by atoms with Gasteiger partial charge in [0.25, 0.3) is 0 Å². The summed E-state index contributed by atoms with van der Waals surface area (Å²) < 4.78 is 9.71. The summed E-state index contributed by atoms with van der Waals surface area (Å²) in [5.41, 5.74) is 0.245. The van der Waals surface area contributed by atoms with E-state index >= 15 is 0 Å². The minimum atomic E-state index is -0.815. The molecule has 0 spiro atoms. The number of nitro groups is 1. The Bertz CT molecular complexity index is 439. The molecule has 0 N–H and O–H groups in total. The third kappa shape index (κ3) is 2.27. The average molecular weight is 222 g/mol. The first-order valence-corrected chi connectivity index (χ1v) is 4.38. The lowest BCUT2D eigenvalue weighted by Gasteiger charge is -2.08. The van der Waals surface area contributed by atoms with Crippen molar-refractivity contribution in [3.05, 3.63) is 33.9 Å². The van der Waals surface area contributed by atoms with Gasteiger partial charge in [-0.15, -0.1) is 0 Å². The average Bonchev–Trinajstić information content (AvgIpc) is 2.30. The minimum Gasteiger partial charge on any atom is -0.490 e. The molecule has 1 atom stereocenters. The second-order valence-electron chi connectivity index (χ2n) is 2.93. The molecule has 6 nitrogen and oxygen atoms in total. The van der Waals surface area contributed by atoms with Gasteiger partial charge in [-0.05, 0) is 6.07 Å². The predicted molar refractivity (Wildman–Crippen MR) is 55.0 cm³/mol. The second kappa shape index (κ2) is 5.09. The van der Waals surface area contributed by atoms with Gasteiger partial charge in [-0.25, -0.2) is 0 Å². The van der Waals surface area contributed by atoms with Crippen molar-refractivity contribution in [2.75, 3.05) is 14.2 Å². The molecule has 0 aliphatic carbocycles. The van der Waals surface area contributed by atoms with Crippen LogP contribution in [0.15, 0.2) is 18.2 Å². The summed E-state index contributed by atoms with van der Waals surface area (Å²) in [5.74, 6) is 0.154. The zero-order chi connectivity index (χ0) is 12.1. The van der Waals surface area contributed by atoms with Gasteiger partial charge in [0.2, 0.25) is 0 Å². The topological polar surface area (TPSA) is 85.4 Å². The first-order valence-electron chi connectivity index (χ1n) is 4.38. The van der Waals surface area contributed by atoms with Crippen LogP contribution in [0.5, 0.6) is 5.75 Å². The van der Waals surface area contributed by atoms with E-state index < -0.39 is 11.0 Å².